The summed E-state index contributed by atoms with van der Waals surface area (Å²) in [7, 11) is -2.30. The zero-order valence-corrected chi connectivity index (χ0v) is 11.7. The summed E-state index contributed by atoms with van der Waals surface area (Å²) in [5.41, 5.74) is 2.32. The Morgan fingerprint density at radius 3 is 2.39 bits per heavy atom. The van der Waals surface area contributed by atoms with Crippen LogP contribution in [-0.4, -0.2) is 34.3 Å². The first-order chi connectivity index (χ1) is 8.25. The zero-order chi connectivity index (χ0) is 13.9. The molecular formula is C12H17NO4S. The lowest BCUT2D eigenvalue weighted by Crippen LogP contribution is -2.35. The number of carbonyl (C=O) groups excluding carboxylic acids is 1. The summed E-state index contributed by atoms with van der Waals surface area (Å²) in [6, 6.07) is 5.36. The molecule has 1 rings (SSSR count). The fraction of sp³-hybridized carbons (Fsp3) is 0.417. The normalized spacial score (nSPS) is 11.1. The minimum Gasteiger partial charge on any atom is -0.468 e. The second-order valence-corrected chi connectivity index (χ2v) is 6.04. The molecule has 0 aliphatic carbocycles. The van der Waals surface area contributed by atoms with E-state index in [9.17, 15) is 13.2 Å². The Morgan fingerprint density at radius 2 is 1.94 bits per heavy atom. The number of carbonyl (C=O) groups is 1. The molecule has 100 valence electrons. The summed E-state index contributed by atoms with van der Waals surface area (Å²) in [6.07, 6.45) is 1.06. The van der Waals surface area contributed by atoms with Crippen LogP contribution in [0.5, 0.6) is 0 Å². The van der Waals surface area contributed by atoms with Gasteiger partial charge in [0.15, 0.2) is 0 Å². The van der Waals surface area contributed by atoms with E-state index in [1.165, 1.54) is 7.11 Å². The highest BCUT2D eigenvalue weighted by Gasteiger charge is 2.22. The van der Waals surface area contributed by atoms with Gasteiger partial charge in [0.25, 0.3) is 0 Å². The van der Waals surface area contributed by atoms with Gasteiger partial charge in [-0.2, -0.15) is 0 Å². The number of hydrogen-bond donors (Lipinski definition) is 0. The highest BCUT2D eigenvalue weighted by molar-refractivity contribution is 7.92. The molecule has 1 aromatic rings. The van der Waals surface area contributed by atoms with Crippen LogP contribution in [0.1, 0.15) is 11.1 Å². The van der Waals surface area contributed by atoms with E-state index in [-0.39, 0.29) is 6.54 Å². The predicted molar refractivity (Wildman–Crippen MR) is 70.1 cm³/mol. The van der Waals surface area contributed by atoms with Crippen molar-refractivity contribution in [3.8, 4) is 0 Å². The number of esters is 1. The van der Waals surface area contributed by atoms with Gasteiger partial charge in [0, 0.05) is 0 Å². The predicted octanol–water partition coefficient (Wildman–Crippen LogP) is 1.24. The van der Waals surface area contributed by atoms with Crippen LogP contribution >= 0.6 is 0 Å². The SMILES string of the molecule is COC(=O)CN(c1ccc(C)cc1C)S(C)(=O)=O. The van der Waals surface area contributed by atoms with Crippen molar-refractivity contribution in [2.45, 2.75) is 13.8 Å². The number of anilines is 1. The molecule has 0 aliphatic heterocycles. The van der Waals surface area contributed by atoms with Gasteiger partial charge in [0.1, 0.15) is 6.54 Å². The number of nitrogens with zero attached hydrogens (tertiary/aromatic N) is 1. The van der Waals surface area contributed by atoms with Crippen LogP contribution < -0.4 is 4.31 Å². The molecule has 0 aliphatic rings. The van der Waals surface area contributed by atoms with Crippen LogP contribution in [0.3, 0.4) is 0 Å². The quantitative estimate of drug-likeness (QED) is 0.773. The first-order valence-corrected chi connectivity index (χ1v) is 7.22. The standard InChI is InChI=1S/C12H17NO4S/c1-9-5-6-11(10(2)7-9)13(18(4,15)16)8-12(14)17-3/h5-7H,8H2,1-4H3. The Kier molecular flexibility index (Phi) is 4.34. The Bertz CT molecular complexity index is 551. The third-order valence-corrected chi connectivity index (χ3v) is 3.65. The lowest BCUT2D eigenvalue weighted by atomic mass is 10.1. The molecule has 6 heteroatoms. The van der Waals surface area contributed by atoms with Gasteiger partial charge in [-0.25, -0.2) is 8.42 Å². The number of sulfonamides is 1. The smallest absolute Gasteiger partial charge is 0.326 e. The van der Waals surface area contributed by atoms with Crippen LogP contribution in [0.4, 0.5) is 5.69 Å². The topological polar surface area (TPSA) is 63.7 Å². The average molecular weight is 271 g/mol. The number of methoxy groups -OCH3 is 1. The van der Waals surface area contributed by atoms with Crippen LogP contribution in [0.25, 0.3) is 0 Å². The number of benzene rings is 1. The van der Waals surface area contributed by atoms with Gasteiger partial charge in [0.2, 0.25) is 10.0 Å². The number of aryl methyl sites for hydroxylation is 2. The molecule has 0 aromatic heterocycles. The van der Waals surface area contributed by atoms with E-state index in [0.717, 1.165) is 21.7 Å². The van der Waals surface area contributed by atoms with Crippen molar-refractivity contribution in [3.63, 3.8) is 0 Å². The number of hydrogen-bond acceptors (Lipinski definition) is 4. The molecule has 0 atom stereocenters. The molecule has 0 saturated carbocycles. The molecule has 0 heterocycles. The molecule has 0 radical (unpaired) electrons. The Balaban J connectivity index is 3.22. The van der Waals surface area contributed by atoms with E-state index >= 15 is 0 Å². The summed E-state index contributed by atoms with van der Waals surface area (Å²) >= 11 is 0. The van der Waals surface area contributed by atoms with Crippen LogP contribution in [-0.2, 0) is 19.6 Å². The van der Waals surface area contributed by atoms with Gasteiger partial charge in [-0.15, -0.1) is 0 Å². The molecule has 18 heavy (non-hydrogen) atoms. The molecule has 0 amide bonds. The minimum atomic E-state index is -3.53. The maximum atomic E-state index is 11.7. The molecule has 1 aromatic carbocycles. The fourth-order valence-corrected chi connectivity index (χ4v) is 2.55. The third-order valence-electron chi connectivity index (χ3n) is 2.52. The van der Waals surface area contributed by atoms with Gasteiger partial charge in [0.05, 0.1) is 19.1 Å². The van der Waals surface area contributed by atoms with Crippen LogP contribution in [0.15, 0.2) is 18.2 Å². The molecule has 0 unspecified atom stereocenters. The molecule has 0 saturated heterocycles. The molecule has 0 fully saturated rings. The van der Waals surface area contributed by atoms with Gasteiger partial charge in [-0.1, -0.05) is 17.7 Å². The summed E-state index contributed by atoms with van der Waals surface area (Å²) in [6.45, 7) is 3.40. The van der Waals surface area contributed by atoms with Crippen molar-refractivity contribution in [1.29, 1.82) is 0 Å². The Hall–Kier alpha value is -1.56. The molecule has 0 N–H and O–H groups in total. The molecule has 0 spiro atoms. The third kappa shape index (κ3) is 3.46. The summed E-state index contributed by atoms with van der Waals surface area (Å²) < 4.78 is 29.0. The number of rotatable bonds is 4. The molecule has 0 bridgehead atoms. The van der Waals surface area contributed by atoms with Crippen LogP contribution in [0.2, 0.25) is 0 Å². The highest BCUT2D eigenvalue weighted by atomic mass is 32.2. The maximum Gasteiger partial charge on any atom is 0.326 e. The largest absolute Gasteiger partial charge is 0.468 e. The molecule has 5 nitrogen and oxygen atoms in total. The lowest BCUT2D eigenvalue weighted by molar-refractivity contribution is -0.138. The zero-order valence-electron chi connectivity index (χ0n) is 10.9. The van der Waals surface area contributed by atoms with Crippen molar-refractivity contribution in [2.75, 3.05) is 24.2 Å². The van der Waals surface area contributed by atoms with Crippen LogP contribution in [0, 0.1) is 13.8 Å². The Labute approximate surface area is 107 Å². The fourth-order valence-electron chi connectivity index (χ4n) is 1.65. The van der Waals surface area contributed by atoms with Crippen molar-refractivity contribution in [1.82, 2.24) is 0 Å². The first kappa shape index (κ1) is 14.5. The van der Waals surface area contributed by atoms with Crippen molar-refractivity contribution >= 4 is 21.7 Å². The average Bonchev–Trinajstić information content (AvgIpc) is 2.25. The minimum absolute atomic E-state index is 0.320. The van der Waals surface area contributed by atoms with Gasteiger partial charge in [-0.05, 0) is 25.5 Å². The second-order valence-electron chi connectivity index (χ2n) is 4.14. The highest BCUT2D eigenvalue weighted by Crippen LogP contribution is 2.23. The van der Waals surface area contributed by atoms with E-state index in [1.807, 2.05) is 13.0 Å². The van der Waals surface area contributed by atoms with E-state index in [1.54, 1.807) is 19.1 Å². The van der Waals surface area contributed by atoms with Gasteiger partial charge >= 0.3 is 5.97 Å². The number of ether oxygens (including phenoxy) is 1. The maximum absolute atomic E-state index is 11.7. The summed E-state index contributed by atoms with van der Waals surface area (Å²) in [4.78, 5) is 11.3. The van der Waals surface area contributed by atoms with Crippen molar-refractivity contribution < 1.29 is 17.9 Å². The summed E-state index contributed by atoms with van der Waals surface area (Å²) in [5, 5.41) is 0. The van der Waals surface area contributed by atoms with Crippen molar-refractivity contribution in [3.05, 3.63) is 29.3 Å². The van der Waals surface area contributed by atoms with E-state index in [0.29, 0.717) is 5.69 Å². The van der Waals surface area contributed by atoms with E-state index in [4.69, 9.17) is 0 Å². The van der Waals surface area contributed by atoms with E-state index in [2.05, 4.69) is 4.74 Å². The first-order valence-electron chi connectivity index (χ1n) is 5.37. The van der Waals surface area contributed by atoms with Crippen molar-refractivity contribution in [2.24, 2.45) is 0 Å². The van der Waals surface area contributed by atoms with E-state index < -0.39 is 16.0 Å². The monoisotopic (exact) mass is 271 g/mol. The Morgan fingerprint density at radius 1 is 1.33 bits per heavy atom. The van der Waals surface area contributed by atoms with Gasteiger partial charge in [-0.3, -0.25) is 9.10 Å². The second kappa shape index (κ2) is 5.39. The lowest BCUT2D eigenvalue weighted by Gasteiger charge is -2.23. The molecular weight excluding hydrogens is 254 g/mol. The summed E-state index contributed by atoms with van der Waals surface area (Å²) in [5.74, 6) is -0.597. The van der Waals surface area contributed by atoms with Gasteiger partial charge < -0.3 is 4.74 Å².